The highest BCUT2D eigenvalue weighted by Crippen LogP contribution is 2.22. The second-order valence-electron chi connectivity index (χ2n) is 3.69. The quantitative estimate of drug-likeness (QED) is 0.512. The number of nitrogens with one attached hydrogen (secondary N) is 1. The number of nitrogens with zero attached hydrogens (tertiary/aromatic N) is 1. The van der Waals surface area contributed by atoms with E-state index in [1.165, 1.54) is 0 Å². The van der Waals surface area contributed by atoms with Crippen LogP contribution < -0.4 is 5.32 Å². The Hall–Kier alpha value is -0.690. The van der Waals surface area contributed by atoms with Gasteiger partial charge in [0.15, 0.2) is 0 Å². The Morgan fingerprint density at radius 1 is 1.56 bits per heavy atom. The zero-order valence-electron chi connectivity index (χ0n) is 9.37. The molecule has 0 aliphatic rings. The lowest BCUT2D eigenvalue weighted by Crippen LogP contribution is -2.27. The minimum Gasteiger partial charge on any atom is -0.314 e. The highest BCUT2D eigenvalue weighted by Gasteiger charge is 2.15. The summed E-state index contributed by atoms with van der Waals surface area (Å²) in [5.41, 5.74) is 1.01. The number of benzene rings is 1. The summed E-state index contributed by atoms with van der Waals surface area (Å²) >= 11 is 2.09. The number of hydrogen-bond donors (Lipinski definition) is 1. The lowest BCUT2D eigenvalue weighted by molar-refractivity contribution is -0.385. The fourth-order valence-electron chi connectivity index (χ4n) is 1.63. The van der Waals surface area contributed by atoms with Gasteiger partial charge in [-0.15, -0.1) is 0 Å². The van der Waals surface area contributed by atoms with Crippen molar-refractivity contribution in [3.63, 3.8) is 0 Å². The molecule has 0 saturated carbocycles. The Bertz CT molecular complexity index is 382. The highest BCUT2D eigenvalue weighted by molar-refractivity contribution is 14.1. The van der Waals surface area contributed by atoms with Crippen LogP contribution in [0.15, 0.2) is 18.2 Å². The normalized spacial score (nSPS) is 12.4. The molecule has 4 nitrogen and oxygen atoms in total. The molecule has 1 atom stereocenters. The van der Waals surface area contributed by atoms with Crippen molar-refractivity contribution in [2.24, 2.45) is 0 Å². The maximum atomic E-state index is 10.9. The van der Waals surface area contributed by atoms with E-state index >= 15 is 0 Å². The third kappa shape index (κ3) is 3.71. The van der Waals surface area contributed by atoms with Crippen LogP contribution in [0.1, 0.15) is 19.4 Å². The second-order valence-corrected chi connectivity index (χ2v) is 4.94. The van der Waals surface area contributed by atoms with Gasteiger partial charge in [-0.25, -0.2) is 0 Å². The van der Waals surface area contributed by atoms with Gasteiger partial charge in [-0.2, -0.15) is 0 Å². The van der Waals surface area contributed by atoms with E-state index < -0.39 is 0 Å². The molecule has 1 aromatic rings. The molecule has 1 aromatic carbocycles. The fourth-order valence-corrected chi connectivity index (χ4v) is 2.10. The summed E-state index contributed by atoms with van der Waals surface area (Å²) in [7, 11) is 0. The molecule has 1 unspecified atom stereocenters. The van der Waals surface area contributed by atoms with Crippen molar-refractivity contribution >= 4 is 28.3 Å². The van der Waals surface area contributed by atoms with Gasteiger partial charge < -0.3 is 5.32 Å². The molecule has 0 aromatic heterocycles. The molecule has 1 N–H and O–H groups in total. The van der Waals surface area contributed by atoms with Gasteiger partial charge >= 0.3 is 0 Å². The smallest absolute Gasteiger partial charge is 0.273 e. The van der Waals surface area contributed by atoms with Crippen molar-refractivity contribution in [2.45, 2.75) is 26.3 Å². The Labute approximate surface area is 109 Å². The summed E-state index contributed by atoms with van der Waals surface area (Å²) in [5.74, 6) is 0. The first kappa shape index (κ1) is 13.4. The number of nitro groups is 1. The van der Waals surface area contributed by atoms with E-state index in [0.717, 1.165) is 15.7 Å². The van der Waals surface area contributed by atoms with Crippen LogP contribution in [0.5, 0.6) is 0 Å². The Morgan fingerprint density at radius 2 is 2.25 bits per heavy atom. The fraction of sp³-hybridized carbons (Fsp3) is 0.455. The molecule has 16 heavy (non-hydrogen) atoms. The van der Waals surface area contributed by atoms with Gasteiger partial charge in [0.05, 0.1) is 4.92 Å². The van der Waals surface area contributed by atoms with Gasteiger partial charge in [0.25, 0.3) is 5.69 Å². The van der Waals surface area contributed by atoms with Crippen LogP contribution in [0.25, 0.3) is 0 Å². The number of halogens is 1. The van der Waals surface area contributed by atoms with E-state index in [4.69, 9.17) is 0 Å². The van der Waals surface area contributed by atoms with E-state index in [-0.39, 0.29) is 16.7 Å². The first-order chi connectivity index (χ1) is 7.54. The van der Waals surface area contributed by atoms with Crippen LogP contribution in [-0.4, -0.2) is 17.5 Å². The minimum absolute atomic E-state index is 0.219. The van der Waals surface area contributed by atoms with E-state index in [2.05, 4.69) is 27.9 Å². The zero-order chi connectivity index (χ0) is 12.1. The average Bonchev–Trinajstić information content (AvgIpc) is 2.20. The maximum Gasteiger partial charge on any atom is 0.273 e. The molecular weight excluding hydrogens is 319 g/mol. The molecule has 88 valence electrons. The molecule has 0 bridgehead atoms. The van der Waals surface area contributed by atoms with Gasteiger partial charge in [0.2, 0.25) is 0 Å². The molecule has 0 saturated heterocycles. The third-order valence-corrected chi connectivity index (χ3v) is 2.99. The minimum atomic E-state index is -0.309. The van der Waals surface area contributed by atoms with Crippen molar-refractivity contribution < 1.29 is 4.92 Å². The number of nitro benzene ring substituents is 1. The topological polar surface area (TPSA) is 55.2 Å². The molecule has 0 amide bonds. The predicted molar refractivity (Wildman–Crippen MR) is 72.7 cm³/mol. The van der Waals surface area contributed by atoms with Crippen molar-refractivity contribution in [3.05, 3.63) is 37.4 Å². The van der Waals surface area contributed by atoms with Gasteiger partial charge in [-0.3, -0.25) is 10.1 Å². The highest BCUT2D eigenvalue weighted by atomic mass is 127. The van der Waals surface area contributed by atoms with Crippen molar-refractivity contribution in [2.75, 3.05) is 6.54 Å². The van der Waals surface area contributed by atoms with Crippen molar-refractivity contribution in [3.8, 4) is 0 Å². The molecule has 0 spiro atoms. The van der Waals surface area contributed by atoms with Crippen LogP contribution in [-0.2, 0) is 6.42 Å². The standard InChI is InChI=1S/C11H15IN2O2/c1-3-13-8(2)6-9-4-5-10(12)7-11(9)14(15)16/h4-5,7-8,13H,3,6H2,1-2H3. The van der Waals surface area contributed by atoms with Crippen LogP contribution >= 0.6 is 22.6 Å². The molecule has 0 aliphatic heterocycles. The summed E-state index contributed by atoms with van der Waals surface area (Å²) in [6, 6.07) is 5.62. The molecule has 1 rings (SSSR count). The Kier molecular flexibility index (Phi) is 5.14. The lowest BCUT2D eigenvalue weighted by atomic mass is 10.1. The second kappa shape index (κ2) is 6.15. The van der Waals surface area contributed by atoms with Crippen LogP contribution in [0.3, 0.4) is 0 Å². The summed E-state index contributed by atoms with van der Waals surface area (Å²) < 4.78 is 0.893. The van der Waals surface area contributed by atoms with E-state index in [0.29, 0.717) is 6.42 Å². The number of likely N-dealkylation sites (N-methyl/N-ethyl adjacent to an activating group) is 1. The first-order valence-corrected chi connectivity index (χ1v) is 6.28. The van der Waals surface area contributed by atoms with E-state index in [1.807, 2.05) is 26.0 Å². The SMILES string of the molecule is CCNC(C)Cc1ccc(I)cc1[N+](=O)[O-]. The van der Waals surface area contributed by atoms with Crippen molar-refractivity contribution in [1.29, 1.82) is 0 Å². The number of hydrogen-bond acceptors (Lipinski definition) is 3. The molecule has 0 aliphatic carbocycles. The monoisotopic (exact) mass is 334 g/mol. The molecular formula is C11H15IN2O2. The molecule has 5 heteroatoms. The average molecular weight is 334 g/mol. The van der Waals surface area contributed by atoms with Gasteiger partial charge in [-0.1, -0.05) is 13.0 Å². The van der Waals surface area contributed by atoms with Gasteiger partial charge in [0, 0.05) is 21.2 Å². The molecule has 0 fully saturated rings. The van der Waals surface area contributed by atoms with Gasteiger partial charge in [0.1, 0.15) is 0 Å². The van der Waals surface area contributed by atoms with Crippen molar-refractivity contribution in [1.82, 2.24) is 5.32 Å². The Morgan fingerprint density at radius 3 is 2.81 bits per heavy atom. The van der Waals surface area contributed by atoms with Crippen LogP contribution in [0.2, 0.25) is 0 Å². The largest absolute Gasteiger partial charge is 0.314 e. The molecule has 0 heterocycles. The molecule has 0 radical (unpaired) electrons. The Balaban J connectivity index is 2.90. The maximum absolute atomic E-state index is 10.9. The summed E-state index contributed by atoms with van der Waals surface area (Å²) in [4.78, 5) is 10.6. The summed E-state index contributed by atoms with van der Waals surface area (Å²) in [5, 5.41) is 14.1. The summed E-state index contributed by atoms with van der Waals surface area (Å²) in [6.07, 6.45) is 0.682. The van der Waals surface area contributed by atoms with Crippen LogP contribution in [0.4, 0.5) is 5.69 Å². The van der Waals surface area contributed by atoms with E-state index in [9.17, 15) is 10.1 Å². The van der Waals surface area contributed by atoms with Gasteiger partial charge in [-0.05, 0) is 48.5 Å². The van der Waals surface area contributed by atoms with E-state index in [1.54, 1.807) is 6.07 Å². The number of rotatable bonds is 5. The van der Waals surface area contributed by atoms with Crippen LogP contribution in [0, 0.1) is 13.7 Å². The third-order valence-electron chi connectivity index (χ3n) is 2.32. The predicted octanol–water partition coefficient (Wildman–Crippen LogP) is 2.74. The summed E-state index contributed by atoms with van der Waals surface area (Å²) in [6.45, 7) is 4.93. The lowest BCUT2D eigenvalue weighted by Gasteiger charge is -2.12. The zero-order valence-corrected chi connectivity index (χ0v) is 11.5. The first-order valence-electron chi connectivity index (χ1n) is 5.20.